The van der Waals surface area contributed by atoms with Crippen molar-refractivity contribution in [3.8, 4) is 0 Å². The van der Waals surface area contributed by atoms with Crippen LogP contribution in [0.5, 0.6) is 0 Å². The third-order valence-electron chi connectivity index (χ3n) is 3.32. The molecule has 1 unspecified atom stereocenters. The monoisotopic (exact) mass is 269 g/mol. The Morgan fingerprint density at radius 3 is 2.72 bits per heavy atom. The number of aryl methyl sites for hydroxylation is 2. The molecular formula is C14H23NO2S. The van der Waals surface area contributed by atoms with Crippen molar-refractivity contribution in [1.82, 2.24) is 4.98 Å². The first-order valence-corrected chi connectivity index (χ1v) is 7.64. The van der Waals surface area contributed by atoms with Gasteiger partial charge in [-0.3, -0.25) is 4.79 Å². The van der Waals surface area contributed by atoms with E-state index in [0.29, 0.717) is 0 Å². The molecule has 0 aliphatic rings. The largest absolute Gasteiger partial charge is 0.481 e. The Kier molecular flexibility index (Phi) is 6.94. The molecule has 0 aliphatic carbocycles. The minimum Gasteiger partial charge on any atom is -0.481 e. The number of unbranched alkanes of at least 4 members (excludes halogenated alkanes) is 3. The minimum atomic E-state index is -0.645. The fourth-order valence-electron chi connectivity index (χ4n) is 2.08. The third-order valence-corrected chi connectivity index (χ3v) is 4.31. The smallest absolute Gasteiger partial charge is 0.306 e. The van der Waals surface area contributed by atoms with Crippen LogP contribution in [0.3, 0.4) is 0 Å². The van der Waals surface area contributed by atoms with Gasteiger partial charge in [-0.05, 0) is 26.2 Å². The molecule has 3 nitrogen and oxygen atoms in total. The van der Waals surface area contributed by atoms with Crippen LogP contribution < -0.4 is 0 Å². The van der Waals surface area contributed by atoms with E-state index in [1.165, 1.54) is 17.7 Å². The van der Waals surface area contributed by atoms with Crippen LogP contribution in [0.15, 0.2) is 5.51 Å². The zero-order valence-electron chi connectivity index (χ0n) is 11.3. The van der Waals surface area contributed by atoms with Gasteiger partial charge in [0.15, 0.2) is 0 Å². The molecule has 0 amide bonds. The van der Waals surface area contributed by atoms with Crippen molar-refractivity contribution >= 4 is 17.3 Å². The summed E-state index contributed by atoms with van der Waals surface area (Å²) in [5.41, 5.74) is 2.89. The van der Waals surface area contributed by atoms with Gasteiger partial charge in [0.05, 0.1) is 17.1 Å². The average molecular weight is 269 g/mol. The summed E-state index contributed by atoms with van der Waals surface area (Å²) in [7, 11) is 0. The summed E-state index contributed by atoms with van der Waals surface area (Å²) in [6, 6.07) is 0. The van der Waals surface area contributed by atoms with E-state index in [9.17, 15) is 9.90 Å². The van der Waals surface area contributed by atoms with Crippen LogP contribution in [0.1, 0.15) is 56.0 Å². The number of carboxylic acid groups (broad SMARTS) is 1. The summed E-state index contributed by atoms with van der Waals surface area (Å²) in [6.07, 6.45) is 6.99. The zero-order valence-corrected chi connectivity index (χ0v) is 12.1. The van der Waals surface area contributed by atoms with Gasteiger partial charge in [-0.15, -0.1) is 11.3 Å². The molecule has 0 aliphatic heterocycles. The number of nitrogens with zero attached hydrogens (tertiary/aromatic N) is 1. The SMILES string of the molecule is CCCCCCC(CCc1scnc1C)C(=O)O. The van der Waals surface area contributed by atoms with E-state index in [1.54, 1.807) is 11.3 Å². The second-order valence-corrected chi connectivity index (χ2v) is 5.72. The highest BCUT2D eigenvalue weighted by molar-refractivity contribution is 7.09. The van der Waals surface area contributed by atoms with E-state index < -0.39 is 5.97 Å². The van der Waals surface area contributed by atoms with Crippen molar-refractivity contribution in [1.29, 1.82) is 0 Å². The Hall–Kier alpha value is -0.900. The van der Waals surface area contributed by atoms with Crippen molar-refractivity contribution in [2.75, 3.05) is 0 Å². The summed E-state index contributed by atoms with van der Waals surface area (Å²) >= 11 is 1.63. The molecule has 0 spiro atoms. The van der Waals surface area contributed by atoms with Gasteiger partial charge in [0.1, 0.15) is 0 Å². The lowest BCUT2D eigenvalue weighted by atomic mass is 9.95. The summed E-state index contributed by atoms with van der Waals surface area (Å²) in [5, 5.41) is 9.22. The number of aromatic nitrogens is 1. The molecule has 0 saturated heterocycles. The predicted octanol–water partition coefficient (Wildman–Crippen LogP) is 4.06. The van der Waals surface area contributed by atoms with Crippen LogP contribution in [-0.2, 0) is 11.2 Å². The first-order valence-electron chi connectivity index (χ1n) is 6.77. The Morgan fingerprint density at radius 2 is 2.17 bits per heavy atom. The van der Waals surface area contributed by atoms with Crippen LogP contribution >= 0.6 is 11.3 Å². The fraction of sp³-hybridized carbons (Fsp3) is 0.714. The number of hydrogen-bond acceptors (Lipinski definition) is 3. The first kappa shape index (κ1) is 15.2. The third kappa shape index (κ3) is 5.17. The first-order chi connectivity index (χ1) is 8.65. The van der Waals surface area contributed by atoms with Crippen LogP contribution in [-0.4, -0.2) is 16.1 Å². The van der Waals surface area contributed by atoms with E-state index in [-0.39, 0.29) is 5.92 Å². The molecule has 4 heteroatoms. The van der Waals surface area contributed by atoms with Crippen molar-refractivity contribution in [3.63, 3.8) is 0 Å². The lowest BCUT2D eigenvalue weighted by Crippen LogP contribution is -2.14. The maximum Gasteiger partial charge on any atom is 0.306 e. The molecule has 1 aromatic rings. The Bertz CT molecular complexity index is 362. The van der Waals surface area contributed by atoms with Gasteiger partial charge in [-0.2, -0.15) is 0 Å². The second-order valence-electron chi connectivity index (χ2n) is 4.78. The number of thiazole rings is 1. The summed E-state index contributed by atoms with van der Waals surface area (Å²) in [6.45, 7) is 4.16. The molecule has 1 heterocycles. The van der Waals surface area contributed by atoms with Gasteiger partial charge >= 0.3 is 5.97 Å². The number of hydrogen-bond donors (Lipinski definition) is 1. The minimum absolute atomic E-state index is 0.191. The lowest BCUT2D eigenvalue weighted by molar-refractivity contribution is -0.142. The number of aliphatic carboxylic acids is 1. The molecule has 1 aromatic heterocycles. The van der Waals surface area contributed by atoms with Crippen molar-refractivity contribution < 1.29 is 9.90 Å². The van der Waals surface area contributed by atoms with Gasteiger partial charge in [-0.25, -0.2) is 4.98 Å². The number of carboxylic acids is 1. The van der Waals surface area contributed by atoms with Gasteiger partial charge < -0.3 is 5.11 Å². The molecule has 0 aromatic carbocycles. The van der Waals surface area contributed by atoms with Crippen LogP contribution in [0.2, 0.25) is 0 Å². The second kappa shape index (κ2) is 8.25. The molecule has 0 radical (unpaired) electrons. The Labute approximate surface area is 113 Å². The highest BCUT2D eigenvalue weighted by atomic mass is 32.1. The molecule has 1 N–H and O–H groups in total. The zero-order chi connectivity index (χ0) is 13.4. The molecule has 1 rings (SSSR count). The molecule has 1 atom stereocenters. The average Bonchev–Trinajstić information content (AvgIpc) is 2.73. The van der Waals surface area contributed by atoms with Crippen molar-refractivity contribution in [2.45, 2.75) is 58.8 Å². The maximum atomic E-state index is 11.2. The number of carbonyl (C=O) groups is 1. The molecular weight excluding hydrogens is 246 g/mol. The lowest BCUT2D eigenvalue weighted by Gasteiger charge is -2.11. The predicted molar refractivity (Wildman–Crippen MR) is 75.1 cm³/mol. The summed E-state index contributed by atoms with van der Waals surface area (Å²) in [4.78, 5) is 16.6. The van der Waals surface area contributed by atoms with Crippen molar-refractivity contribution in [2.24, 2.45) is 5.92 Å². The Morgan fingerprint density at radius 1 is 1.39 bits per heavy atom. The quantitative estimate of drug-likeness (QED) is 0.688. The molecule has 18 heavy (non-hydrogen) atoms. The fourth-order valence-corrected chi connectivity index (χ4v) is 2.88. The van der Waals surface area contributed by atoms with Crippen LogP contribution in [0, 0.1) is 12.8 Å². The van der Waals surface area contributed by atoms with Gasteiger partial charge in [0.2, 0.25) is 0 Å². The highest BCUT2D eigenvalue weighted by Gasteiger charge is 2.17. The molecule has 102 valence electrons. The van der Waals surface area contributed by atoms with Crippen LogP contribution in [0.25, 0.3) is 0 Å². The van der Waals surface area contributed by atoms with E-state index >= 15 is 0 Å². The van der Waals surface area contributed by atoms with E-state index in [4.69, 9.17) is 0 Å². The van der Waals surface area contributed by atoms with E-state index in [0.717, 1.165) is 37.8 Å². The molecule has 0 fully saturated rings. The Balaban J connectivity index is 2.34. The highest BCUT2D eigenvalue weighted by Crippen LogP contribution is 2.21. The van der Waals surface area contributed by atoms with Crippen molar-refractivity contribution in [3.05, 3.63) is 16.1 Å². The van der Waals surface area contributed by atoms with Gasteiger partial charge in [0.25, 0.3) is 0 Å². The standard InChI is InChI=1S/C14H23NO2S/c1-3-4-5-6-7-12(14(16)17)8-9-13-11(2)15-10-18-13/h10,12H,3-9H2,1-2H3,(H,16,17). The normalized spacial score (nSPS) is 12.6. The molecule has 0 saturated carbocycles. The summed E-state index contributed by atoms with van der Waals surface area (Å²) in [5.74, 6) is -0.836. The summed E-state index contributed by atoms with van der Waals surface area (Å²) < 4.78 is 0. The number of rotatable bonds is 9. The van der Waals surface area contributed by atoms with E-state index in [1.807, 2.05) is 12.4 Å². The van der Waals surface area contributed by atoms with Crippen LogP contribution in [0.4, 0.5) is 0 Å². The maximum absolute atomic E-state index is 11.2. The van der Waals surface area contributed by atoms with Gasteiger partial charge in [0, 0.05) is 4.88 Å². The van der Waals surface area contributed by atoms with E-state index in [2.05, 4.69) is 11.9 Å². The topological polar surface area (TPSA) is 50.2 Å². The molecule has 0 bridgehead atoms. The van der Waals surface area contributed by atoms with Gasteiger partial charge in [-0.1, -0.05) is 32.6 Å².